The van der Waals surface area contributed by atoms with Crippen LogP contribution in [0.5, 0.6) is 0 Å². The van der Waals surface area contributed by atoms with Crippen molar-refractivity contribution in [2.75, 3.05) is 13.2 Å². The van der Waals surface area contributed by atoms with Gasteiger partial charge >= 0.3 is 0 Å². The summed E-state index contributed by atoms with van der Waals surface area (Å²) in [6, 6.07) is 11.7. The number of hydrogen-bond donors (Lipinski definition) is 2. The molecule has 1 aliphatic rings. The van der Waals surface area contributed by atoms with Gasteiger partial charge < -0.3 is 14.6 Å². The van der Waals surface area contributed by atoms with E-state index in [1.54, 1.807) is 6.26 Å². The first-order valence-electron chi connectivity index (χ1n) is 8.30. The Morgan fingerprint density at radius 1 is 1.20 bits per heavy atom. The Labute approximate surface area is 145 Å². The molecule has 2 aromatic heterocycles. The number of aliphatic hydroxyl groups is 2. The van der Waals surface area contributed by atoms with Crippen LogP contribution in [-0.2, 0) is 19.6 Å². The lowest BCUT2D eigenvalue weighted by atomic mass is 10.2. The number of rotatable bonds is 5. The molecule has 1 unspecified atom stereocenters. The van der Waals surface area contributed by atoms with Gasteiger partial charge in [0, 0.05) is 25.2 Å². The third-order valence-corrected chi connectivity index (χ3v) is 4.37. The number of hydrogen-bond acceptors (Lipinski definition) is 6. The van der Waals surface area contributed by atoms with Crippen LogP contribution in [0.2, 0.25) is 0 Å². The molecule has 1 aliphatic heterocycles. The number of benzene rings is 1. The first kappa shape index (κ1) is 16.0. The second kappa shape index (κ2) is 6.79. The molecule has 0 saturated carbocycles. The molecule has 3 aromatic rings. The Morgan fingerprint density at radius 2 is 2.04 bits per heavy atom. The average Bonchev–Trinajstić information content (AvgIpc) is 3.28. The lowest BCUT2D eigenvalue weighted by Gasteiger charge is -2.26. The zero-order valence-corrected chi connectivity index (χ0v) is 13.7. The van der Waals surface area contributed by atoms with E-state index in [0.717, 1.165) is 36.6 Å². The van der Waals surface area contributed by atoms with Gasteiger partial charge in [-0.15, -0.1) is 0 Å². The van der Waals surface area contributed by atoms with Crippen LogP contribution in [0, 0.1) is 0 Å². The molecule has 2 N–H and O–H groups in total. The zero-order valence-electron chi connectivity index (χ0n) is 13.7. The molecule has 4 rings (SSSR count). The van der Waals surface area contributed by atoms with E-state index in [9.17, 15) is 5.11 Å². The van der Waals surface area contributed by atoms with E-state index in [-0.39, 0.29) is 6.61 Å². The smallest absolute Gasteiger partial charge is 0.226 e. The van der Waals surface area contributed by atoms with Gasteiger partial charge in [-0.2, -0.15) is 5.10 Å². The van der Waals surface area contributed by atoms with Gasteiger partial charge in [0.25, 0.3) is 0 Å². The van der Waals surface area contributed by atoms with Crippen molar-refractivity contribution in [3.63, 3.8) is 0 Å². The fourth-order valence-corrected chi connectivity index (χ4v) is 3.06. The number of fused-ring (bicyclic) bond motifs is 1. The molecule has 7 heteroatoms. The lowest BCUT2D eigenvalue weighted by Crippen LogP contribution is -2.33. The molecule has 0 bridgehead atoms. The molecule has 130 valence electrons. The quantitative estimate of drug-likeness (QED) is 0.733. The van der Waals surface area contributed by atoms with Gasteiger partial charge in [0.2, 0.25) is 5.89 Å². The van der Waals surface area contributed by atoms with Crippen molar-refractivity contribution in [3.05, 3.63) is 59.7 Å². The van der Waals surface area contributed by atoms with Gasteiger partial charge in [0.15, 0.2) is 0 Å². The van der Waals surface area contributed by atoms with Crippen LogP contribution in [0.4, 0.5) is 0 Å². The van der Waals surface area contributed by atoms with Crippen molar-refractivity contribution in [2.45, 2.75) is 25.7 Å². The second-order valence-electron chi connectivity index (χ2n) is 6.20. The molecule has 0 aliphatic carbocycles. The highest BCUT2D eigenvalue weighted by atomic mass is 16.3. The Hall–Kier alpha value is -2.48. The molecule has 0 fully saturated rings. The van der Waals surface area contributed by atoms with Crippen LogP contribution in [0.1, 0.15) is 23.2 Å². The number of aliphatic hydroxyl groups excluding tert-OH is 2. The Balaban J connectivity index is 1.44. The van der Waals surface area contributed by atoms with Gasteiger partial charge in [-0.25, -0.2) is 4.98 Å². The lowest BCUT2D eigenvalue weighted by molar-refractivity contribution is 0.0915. The Bertz CT molecular complexity index is 843. The van der Waals surface area contributed by atoms with Gasteiger partial charge in [-0.05, 0) is 18.2 Å². The van der Waals surface area contributed by atoms with Gasteiger partial charge in [0.1, 0.15) is 12.4 Å². The van der Waals surface area contributed by atoms with Crippen LogP contribution >= 0.6 is 0 Å². The third-order valence-electron chi connectivity index (χ3n) is 4.37. The summed E-state index contributed by atoms with van der Waals surface area (Å²) in [4.78, 5) is 6.84. The first-order valence-corrected chi connectivity index (χ1v) is 8.30. The highest BCUT2D eigenvalue weighted by Crippen LogP contribution is 2.21. The molecule has 0 saturated heterocycles. The van der Waals surface area contributed by atoms with E-state index in [1.165, 1.54) is 0 Å². The van der Waals surface area contributed by atoms with E-state index in [4.69, 9.17) is 9.52 Å². The molecular weight excluding hydrogens is 320 g/mol. The Morgan fingerprint density at radius 3 is 2.84 bits per heavy atom. The molecule has 7 nitrogen and oxygen atoms in total. The average molecular weight is 340 g/mol. The maximum atomic E-state index is 9.73. The highest BCUT2D eigenvalue weighted by molar-refractivity contribution is 5.52. The van der Waals surface area contributed by atoms with E-state index < -0.39 is 6.10 Å². The minimum Gasteiger partial charge on any atom is -0.444 e. The van der Waals surface area contributed by atoms with Gasteiger partial charge in [-0.1, -0.05) is 18.2 Å². The number of aromatic nitrogens is 3. The molecule has 0 radical (unpaired) electrons. The van der Waals surface area contributed by atoms with Crippen molar-refractivity contribution < 1.29 is 14.6 Å². The summed E-state index contributed by atoms with van der Waals surface area (Å²) in [5.41, 5.74) is 3.41. The number of nitrogens with zero attached hydrogens (tertiary/aromatic N) is 4. The minimum atomic E-state index is -0.921. The Kier molecular flexibility index (Phi) is 4.35. The van der Waals surface area contributed by atoms with E-state index in [0.29, 0.717) is 18.1 Å². The summed E-state index contributed by atoms with van der Waals surface area (Å²) in [6.45, 7) is 2.69. The van der Waals surface area contributed by atoms with Crippen molar-refractivity contribution in [2.24, 2.45) is 0 Å². The predicted octanol–water partition coefficient (Wildman–Crippen LogP) is 1.58. The largest absolute Gasteiger partial charge is 0.444 e. The standard InChI is InChI=1S/C18H20N4O3/c23-11-17(24)16-8-15-10-21(6-7-22(15)20-16)9-14-12-25-18(19-14)13-4-2-1-3-5-13/h1-5,8,12,17,23-24H,6-7,9-11H2. The van der Waals surface area contributed by atoms with Crippen LogP contribution in [0.3, 0.4) is 0 Å². The fraction of sp³-hybridized carbons (Fsp3) is 0.333. The van der Waals surface area contributed by atoms with Crippen molar-refractivity contribution >= 4 is 0 Å². The molecule has 1 atom stereocenters. The molecule has 0 spiro atoms. The molecule has 25 heavy (non-hydrogen) atoms. The summed E-state index contributed by atoms with van der Waals surface area (Å²) in [6.07, 6.45) is 0.783. The summed E-state index contributed by atoms with van der Waals surface area (Å²) in [5.74, 6) is 0.631. The van der Waals surface area contributed by atoms with Crippen molar-refractivity contribution in [1.29, 1.82) is 0 Å². The predicted molar refractivity (Wildman–Crippen MR) is 90.3 cm³/mol. The van der Waals surface area contributed by atoms with E-state index >= 15 is 0 Å². The first-order chi connectivity index (χ1) is 12.2. The second-order valence-corrected chi connectivity index (χ2v) is 6.20. The minimum absolute atomic E-state index is 0.318. The zero-order chi connectivity index (χ0) is 17.2. The normalized spacial score (nSPS) is 15.9. The van der Waals surface area contributed by atoms with Crippen molar-refractivity contribution in [3.8, 4) is 11.5 Å². The fourth-order valence-electron chi connectivity index (χ4n) is 3.06. The molecule has 0 amide bonds. The van der Waals surface area contributed by atoms with E-state index in [1.807, 2.05) is 41.1 Å². The van der Waals surface area contributed by atoms with Crippen LogP contribution in [0.15, 0.2) is 47.1 Å². The summed E-state index contributed by atoms with van der Waals surface area (Å²) in [5, 5.41) is 23.1. The number of oxazole rings is 1. The molecular formula is C18H20N4O3. The highest BCUT2D eigenvalue weighted by Gasteiger charge is 2.21. The summed E-state index contributed by atoms with van der Waals surface area (Å²) >= 11 is 0. The van der Waals surface area contributed by atoms with Gasteiger partial charge in [-0.3, -0.25) is 9.58 Å². The van der Waals surface area contributed by atoms with Crippen molar-refractivity contribution in [1.82, 2.24) is 19.7 Å². The summed E-state index contributed by atoms with van der Waals surface area (Å²) < 4.78 is 7.49. The van der Waals surface area contributed by atoms with Gasteiger partial charge in [0.05, 0.1) is 30.2 Å². The van der Waals surface area contributed by atoms with E-state index in [2.05, 4.69) is 15.0 Å². The van der Waals surface area contributed by atoms with Crippen LogP contribution < -0.4 is 0 Å². The summed E-state index contributed by atoms with van der Waals surface area (Å²) in [7, 11) is 0. The maximum absolute atomic E-state index is 9.73. The topological polar surface area (TPSA) is 87.5 Å². The molecule has 3 heterocycles. The SMILES string of the molecule is OCC(O)c1cc2n(n1)CCN(Cc1coc(-c3ccccc3)n1)C2. The van der Waals surface area contributed by atoms with Crippen LogP contribution in [-0.4, -0.2) is 43.0 Å². The molecule has 1 aromatic carbocycles. The monoisotopic (exact) mass is 340 g/mol. The third kappa shape index (κ3) is 3.34. The van der Waals surface area contributed by atoms with Crippen LogP contribution in [0.25, 0.3) is 11.5 Å². The maximum Gasteiger partial charge on any atom is 0.226 e.